The number of nitrogens with one attached hydrogen (secondary N) is 2. The normalized spacial score (nSPS) is 17.7. The van der Waals surface area contributed by atoms with Crippen molar-refractivity contribution < 1.29 is 42.0 Å². The van der Waals surface area contributed by atoms with E-state index in [1.807, 2.05) is 0 Å². The van der Waals surface area contributed by atoms with E-state index in [1.54, 1.807) is 6.92 Å². The van der Waals surface area contributed by atoms with Gasteiger partial charge in [-0.15, -0.1) is 13.2 Å². The van der Waals surface area contributed by atoms with Crippen LogP contribution in [-0.4, -0.2) is 47.2 Å². The van der Waals surface area contributed by atoms with E-state index in [-0.39, 0.29) is 23.6 Å². The van der Waals surface area contributed by atoms with Crippen molar-refractivity contribution >= 4 is 29.2 Å². The Morgan fingerprint density at radius 1 is 1.17 bits per heavy atom. The summed E-state index contributed by atoms with van der Waals surface area (Å²) in [6.07, 6.45) is -4.90. The summed E-state index contributed by atoms with van der Waals surface area (Å²) in [4.78, 5) is 49.1. The van der Waals surface area contributed by atoms with Gasteiger partial charge in [-0.25, -0.2) is 4.79 Å². The number of rotatable bonds is 8. The van der Waals surface area contributed by atoms with E-state index in [2.05, 4.69) is 15.4 Å². The number of halogens is 3. The zero-order valence-electron chi connectivity index (χ0n) is 18.3. The molecule has 1 fully saturated rings. The van der Waals surface area contributed by atoms with Gasteiger partial charge in [0, 0.05) is 0 Å². The lowest BCUT2D eigenvalue weighted by molar-refractivity contribution is -0.384. The smallest absolute Gasteiger partial charge is 0.494 e. The first kappa shape index (κ1) is 25.3. The van der Waals surface area contributed by atoms with Crippen LogP contribution < -0.4 is 20.1 Å². The van der Waals surface area contributed by atoms with Crippen molar-refractivity contribution in [2.75, 3.05) is 18.5 Å². The van der Waals surface area contributed by atoms with Gasteiger partial charge in [-0.2, -0.15) is 0 Å². The predicted molar refractivity (Wildman–Crippen MR) is 114 cm³/mol. The molecule has 35 heavy (non-hydrogen) atoms. The van der Waals surface area contributed by atoms with Crippen LogP contribution >= 0.6 is 0 Å². The van der Waals surface area contributed by atoms with E-state index in [4.69, 9.17) is 4.74 Å². The van der Waals surface area contributed by atoms with E-state index >= 15 is 0 Å². The molecule has 1 unspecified atom stereocenters. The van der Waals surface area contributed by atoms with Crippen molar-refractivity contribution in [3.63, 3.8) is 0 Å². The molecule has 2 aromatic carbocycles. The Bertz CT molecular complexity index is 1170. The molecule has 0 saturated carbocycles. The molecule has 1 saturated heterocycles. The van der Waals surface area contributed by atoms with E-state index in [0.29, 0.717) is 4.90 Å². The number of urea groups is 1. The van der Waals surface area contributed by atoms with E-state index < -0.39 is 52.7 Å². The third kappa shape index (κ3) is 5.59. The Kier molecular flexibility index (Phi) is 6.84. The lowest BCUT2D eigenvalue weighted by Gasteiger charge is -2.22. The lowest BCUT2D eigenvalue weighted by Crippen LogP contribution is -2.42. The molecule has 3 rings (SSSR count). The molecular weight excluding hydrogens is 477 g/mol. The zero-order chi connectivity index (χ0) is 26.0. The lowest BCUT2D eigenvalue weighted by atomic mass is 9.92. The molecule has 0 radical (unpaired) electrons. The molecule has 4 amide bonds. The van der Waals surface area contributed by atoms with Gasteiger partial charge < -0.3 is 20.1 Å². The number of carbonyl (C=O) groups is 3. The number of imide groups is 1. The number of anilines is 1. The summed E-state index contributed by atoms with van der Waals surface area (Å²) < 4.78 is 46.1. The van der Waals surface area contributed by atoms with Crippen LogP contribution in [0.4, 0.5) is 29.3 Å². The van der Waals surface area contributed by atoms with Gasteiger partial charge in [0.05, 0.1) is 17.6 Å². The Morgan fingerprint density at radius 2 is 1.80 bits per heavy atom. The van der Waals surface area contributed by atoms with Gasteiger partial charge in [0.15, 0.2) is 0 Å². The van der Waals surface area contributed by atoms with Crippen LogP contribution in [0, 0.1) is 10.1 Å². The summed E-state index contributed by atoms with van der Waals surface area (Å²) in [5.41, 5.74) is -2.14. The number of carbonyl (C=O) groups excluding carboxylic acids is 3. The van der Waals surface area contributed by atoms with Crippen molar-refractivity contribution in [3.05, 3.63) is 58.1 Å². The number of benzene rings is 2. The monoisotopic (exact) mass is 496 g/mol. The summed E-state index contributed by atoms with van der Waals surface area (Å²) in [5, 5.41) is 16.0. The van der Waals surface area contributed by atoms with Gasteiger partial charge in [-0.1, -0.05) is 12.1 Å². The number of ether oxygens (including phenoxy) is 2. The maximum atomic E-state index is 13.0. The molecule has 1 aliphatic heterocycles. The molecule has 1 aliphatic rings. The highest BCUT2D eigenvalue weighted by Crippen LogP contribution is 2.32. The van der Waals surface area contributed by atoms with Crippen molar-refractivity contribution in [1.29, 1.82) is 0 Å². The minimum atomic E-state index is -4.90. The topological polar surface area (TPSA) is 140 Å². The number of amides is 4. The molecule has 0 spiro atoms. The maximum absolute atomic E-state index is 13.0. The van der Waals surface area contributed by atoms with E-state index in [9.17, 15) is 37.7 Å². The van der Waals surface area contributed by atoms with Crippen molar-refractivity contribution in [3.8, 4) is 11.5 Å². The summed E-state index contributed by atoms with van der Waals surface area (Å²) in [5.74, 6) is -2.04. The second-order valence-electron chi connectivity index (χ2n) is 7.44. The molecule has 1 heterocycles. The number of nitro groups is 1. The van der Waals surface area contributed by atoms with Crippen LogP contribution in [-0.2, 0) is 15.1 Å². The Morgan fingerprint density at radius 3 is 2.37 bits per heavy atom. The molecule has 186 valence electrons. The molecular formula is C21H19F3N4O7. The van der Waals surface area contributed by atoms with Crippen LogP contribution in [0.2, 0.25) is 0 Å². The van der Waals surface area contributed by atoms with Crippen molar-refractivity contribution in [1.82, 2.24) is 10.2 Å². The van der Waals surface area contributed by atoms with Crippen LogP contribution in [0.3, 0.4) is 0 Å². The van der Waals surface area contributed by atoms with Gasteiger partial charge in [0.1, 0.15) is 29.3 Å². The SMILES string of the molecule is CCOc1ccc(NC(=O)CN2C(=O)NC(C)(c3ccc(OC(F)(F)F)cc3)C2=O)c([N+](=O)[O-])c1. The van der Waals surface area contributed by atoms with Crippen molar-refractivity contribution in [2.24, 2.45) is 0 Å². The standard InChI is InChI=1S/C21H19F3N4O7/c1-3-34-14-8-9-15(16(10-14)28(32)33)25-17(29)11-27-18(30)20(2,26-19(27)31)12-4-6-13(7-5-12)35-21(22,23)24/h4-10H,3,11H2,1-2H3,(H,25,29)(H,26,31). The van der Waals surface area contributed by atoms with Gasteiger partial charge in [-0.3, -0.25) is 24.6 Å². The van der Waals surface area contributed by atoms with Gasteiger partial charge in [0.25, 0.3) is 11.6 Å². The molecule has 2 aromatic rings. The quantitative estimate of drug-likeness (QED) is 0.325. The van der Waals surface area contributed by atoms with Crippen LogP contribution in [0.15, 0.2) is 42.5 Å². The summed E-state index contributed by atoms with van der Waals surface area (Å²) in [7, 11) is 0. The zero-order valence-corrected chi connectivity index (χ0v) is 18.3. The summed E-state index contributed by atoms with van der Waals surface area (Å²) in [6, 6.07) is 7.16. The molecule has 0 aliphatic carbocycles. The molecule has 14 heteroatoms. The fourth-order valence-corrected chi connectivity index (χ4v) is 3.38. The second kappa shape index (κ2) is 9.48. The molecule has 11 nitrogen and oxygen atoms in total. The predicted octanol–water partition coefficient (Wildman–Crippen LogP) is 3.30. The average molecular weight is 496 g/mol. The van der Waals surface area contributed by atoms with Crippen LogP contribution in [0.1, 0.15) is 19.4 Å². The van der Waals surface area contributed by atoms with E-state index in [0.717, 1.165) is 18.2 Å². The van der Waals surface area contributed by atoms with E-state index in [1.165, 1.54) is 31.2 Å². The van der Waals surface area contributed by atoms with Crippen LogP contribution in [0.5, 0.6) is 11.5 Å². The Balaban J connectivity index is 1.74. The number of alkyl halides is 3. The highest BCUT2D eigenvalue weighted by molar-refractivity contribution is 6.10. The fourth-order valence-electron chi connectivity index (χ4n) is 3.38. The molecule has 2 N–H and O–H groups in total. The Hall–Kier alpha value is -4.36. The number of hydrogen-bond donors (Lipinski definition) is 2. The van der Waals surface area contributed by atoms with Crippen molar-refractivity contribution in [2.45, 2.75) is 25.7 Å². The second-order valence-corrected chi connectivity index (χ2v) is 7.44. The molecule has 0 bridgehead atoms. The highest BCUT2D eigenvalue weighted by atomic mass is 19.4. The summed E-state index contributed by atoms with van der Waals surface area (Å²) in [6.45, 7) is 2.52. The first-order chi connectivity index (χ1) is 16.3. The minimum Gasteiger partial charge on any atom is -0.494 e. The third-order valence-corrected chi connectivity index (χ3v) is 4.99. The number of nitrogens with zero attached hydrogens (tertiary/aromatic N) is 2. The number of hydrogen-bond acceptors (Lipinski definition) is 7. The first-order valence-electron chi connectivity index (χ1n) is 10.1. The Labute approximate surface area is 195 Å². The minimum absolute atomic E-state index is 0.149. The van der Waals surface area contributed by atoms with Crippen LogP contribution in [0.25, 0.3) is 0 Å². The largest absolute Gasteiger partial charge is 0.573 e. The fraction of sp³-hybridized carbons (Fsp3) is 0.286. The average Bonchev–Trinajstić information content (AvgIpc) is 2.98. The maximum Gasteiger partial charge on any atom is 0.573 e. The van der Waals surface area contributed by atoms with Gasteiger partial charge in [0.2, 0.25) is 5.91 Å². The molecule has 0 aromatic heterocycles. The molecule has 1 atom stereocenters. The highest BCUT2D eigenvalue weighted by Gasteiger charge is 2.49. The van der Waals surface area contributed by atoms with Gasteiger partial charge >= 0.3 is 12.4 Å². The summed E-state index contributed by atoms with van der Waals surface area (Å²) >= 11 is 0. The van der Waals surface area contributed by atoms with Gasteiger partial charge in [-0.05, 0) is 43.7 Å². The third-order valence-electron chi connectivity index (χ3n) is 4.99. The number of nitro benzene ring substituents is 1. The first-order valence-corrected chi connectivity index (χ1v) is 10.1.